The maximum atomic E-state index is 12.0. The lowest BCUT2D eigenvalue weighted by atomic mass is 10.3. The van der Waals surface area contributed by atoms with Gasteiger partial charge in [-0.1, -0.05) is 6.92 Å². The van der Waals surface area contributed by atoms with Crippen LogP contribution in [0, 0.1) is 0 Å². The second kappa shape index (κ2) is 7.67. The Kier molecular flexibility index (Phi) is 6.16. The zero-order valence-corrected chi connectivity index (χ0v) is 14.4. The maximum Gasteiger partial charge on any atom is 0.212 e. The predicted octanol–water partition coefficient (Wildman–Crippen LogP) is 2.22. The van der Waals surface area contributed by atoms with Crippen molar-refractivity contribution in [2.24, 2.45) is 0 Å². The number of thiazole rings is 1. The fourth-order valence-electron chi connectivity index (χ4n) is 2.08. The molecule has 5 nitrogen and oxygen atoms in total. The number of nitrogens with zero attached hydrogens (tertiary/aromatic N) is 1. The van der Waals surface area contributed by atoms with Crippen molar-refractivity contribution in [1.29, 1.82) is 0 Å². The van der Waals surface area contributed by atoms with Crippen molar-refractivity contribution in [3.8, 4) is 0 Å². The maximum absolute atomic E-state index is 12.0. The van der Waals surface area contributed by atoms with Gasteiger partial charge in [-0.25, -0.2) is 18.1 Å². The normalized spacial score (nSPS) is 17.0. The molecule has 2 N–H and O–H groups in total. The molecule has 0 aromatic carbocycles. The van der Waals surface area contributed by atoms with E-state index in [9.17, 15) is 8.42 Å². The van der Waals surface area contributed by atoms with Crippen LogP contribution in [0.4, 0.5) is 0 Å². The molecule has 1 heterocycles. The number of hydrogen-bond acceptors (Lipinski definition) is 5. The van der Waals surface area contributed by atoms with Crippen LogP contribution < -0.4 is 10.0 Å². The Hall–Kier alpha value is -0.500. The van der Waals surface area contributed by atoms with E-state index in [4.69, 9.17) is 0 Å². The Morgan fingerprint density at radius 1 is 1.43 bits per heavy atom. The Labute approximate surface area is 131 Å². The Morgan fingerprint density at radius 2 is 2.19 bits per heavy atom. The lowest BCUT2D eigenvalue weighted by Gasteiger charge is -2.12. The largest absolute Gasteiger partial charge is 0.314 e. The van der Waals surface area contributed by atoms with Crippen molar-refractivity contribution in [3.05, 3.63) is 16.1 Å². The van der Waals surface area contributed by atoms with Gasteiger partial charge in [0.05, 0.1) is 11.8 Å². The molecule has 1 aromatic rings. The van der Waals surface area contributed by atoms with Gasteiger partial charge in [-0.05, 0) is 45.6 Å². The lowest BCUT2D eigenvalue weighted by molar-refractivity contribution is 0.559. The van der Waals surface area contributed by atoms with Crippen molar-refractivity contribution < 1.29 is 8.42 Å². The van der Waals surface area contributed by atoms with Crippen LogP contribution in [-0.4, -0.2) is 31.7 Å². The van der Waals surface area contributed by atoms with E-state index < -0.39 is 10.0 Å². The van der Waals surface area contributed by atoms with E-state index in [-0.39, 0.29) is 11.8 Å². The van der Waals surface area contributed by atoms with Crippen LogP contribution in [-0.2, 0) is 16.4 Å². The zero-order chi connectivity index (χ0) is 15.3. The van der Waals surface area contributed by atoms with Crippen LogP contribution in [0.2, 0.25) is 0 Å². The number of aromatic nitrogens is 1. The summed E-state index contributed by atoms with van der Waals surface area (Å²) in [5.74, 6) is 0.190. The second-order valence-electron chi connectivity index (χ2n) is 5.61. The van der Waals surface area contributed by atoms with Gasteiger partial charge >= 0.3 is 0 Å². The first-order valence-corrected chi connectivity index (χ1v) is 10.1. The molecule has 1 atom stereocenters. The average Bonchev–Trinajstić information content (AvgIpc) is 3.12. The summed E-state index contributed by atoms with van der Waals surface area (Å²) in [6.45, 7) is 4.84. The molecule has 1 unspecified atom stereocenters. The summed E-state index contributed by atoms with van der Waals surface area (Å²) in [6, 6.07) is 0.447. The van der Waals surface area contributed by atoms with Crippen molar-refractivity contribution in [3.63, 3.8) is 0 Å². The molecule has 0 saturated heterocycles. The van der Waals surface area contributed by atoms with E-state index in [1.54, 1.807) is 11.3 Å². The molecule has 1 aromatic heterocycles. The minimum Gasteiger partial charge on any atom is -0.314 e. The average molecular weight is 332 g/mol. The molecule has 1 aliphatic carbocycles. The summed E-state index contributed by atoms with van der Waals surface area (Å²) < 4.78 is 26.8. The summed E-state index contributed by atoms with van der Waals surface area (Å²) in [6.07, 6.45) is 6.90. The Balaban J connectivity index is 1.71. The molecule has 0 bridgehead atoms. The van der Waals surface area contributed by atoms with E-state index in [1.165, 1.54) is 17.7 Å². The van der Waals surface area contributed by atoms with Crippen LogP contribution >= 0.6 is 11.3 Å². The SMILES string of the molecule is CCc1cnc(C(C)NS(=O)(=O)CCCCNC2CC2)s1. The van der Waals surface area contributed by atoms with E-state index in [0.717, 1.165) is 24.4 Å². The lowest BCUT2D eigenvalue weighted by Crippen LogP contribution is -2.29. The van der Waals surface area contributed by atoms with E-state index in [0.29, 0.717) is 12.5 Å². The summed E-state index contributed by atoms with van der Waals surface area (Å²) >= 11 is 1.58. The molecule has 1 saturated carbocycles. The summed E-state index contributed by atoms with van der Waals surface area (Å²) in [4.78, 5) is 5.47. The van der Waals surface area contributed by atoms with Gasteiger partial charge in [-0.3, -0.25) is 0 Å². The van der Waals surface area contributed by atoms with Crippen LogP contribution in [0.1, 0.15) is 55.5 Å². The van der Waals surface area contributed by atoms with Gasteiger partial charge in [0, 0.05) is 17.1 Å². The van der Waals surface area contributed by atoms with Crippen molar-refractivity contribution in [2.75, 3.05) is 12.3 Å². The molecule has 1 aliphatic rings. The molecule has 0 aliphatic heterocycles. The summed E-state index contributed by atoms with van der Waals surface area (Å²) in [5.41, 5.74) is 0. The zero-order valence-electron chi connectivity index (χ0n) is 12.8. The highest BCUT2D eigenvalue weighted by Crippen LogP contribution is 2.21. The van der Waals surface area contributed by atoms with Gasteiger partial charge in [0.1, 0.15) is 5.01 Å². The smallest absolute Gasteiger partial charge is 0.212 e. The number of rotatable bonds is 10. The third-order valence-corrected chi connectivity index (χ3v) is 6.36. The van der Waals surface area contributed by atoms with Gasteiger partial charge in [0.15, 0.2) is 0 Å². The van der Waals surface area contributed by atoms with Crippen molar-refractivity contribution >= 4 is 21.4 Å². The molecule has 0 spiro atoms. The molecular weight excluding hydrogens is 306 g/mol. The van der Waals surface area contributed by atoms with E-state index in [2.05, 4.69) is 21.9 Å². The molecule has 21 heavy (non-hydrogen) atoms. The number of sulfonamides is 1. The number of aryl methyl sites for hydroxylation is 1. The monoisotopic (exact) mass is 331 g/mol. The predicted molar refractivity (Wildman–Crippen MR) is 87.1 cm³/mol. The van der Waals surface area contributed by atoms with Crippen LogP contribution in [0.25, 0.3) is 0 Å². The number of nitrogens with one attached hydrogen (secondary N) is 2. The molecular formula is C14H25N3O2S2. The van der Waals surface area contributed by atoms with Gasteiger partial charge in [-0.15, -0.1) is 11.3 Å². The highest BCUT2D eigenvalue weighted by Gasteiger charge is 2.20. The molecule has 0 radical (unpaired) electrons. The first-order chi connectivity index (χ1) is 10.00. The quantitative estimate of drug-likeness (QED) is 0.645. The second-order valence-corrected chi connectivity index (χ2v) is 8.63. The summed E-state index contributed by atoms with van der Waals surface area (Å²) in [5, 5.41) is 4.23. The molecule has 120 valence electrons. The fraction of sp³-hybridized carbons (Fsp3) is 0.786. The van der Waals surface area contributed by atoms with Crippen LogP contribution in [0.5, 0.6) is 0 Å². The van der Waals surface area contributed by atoms with Crippen molar-refractivity contribution in [1.82, 2.24) is 15.0 Å². The minimum absolute atomic E-state index is 0.190. The van der Waals surface area contributed by atoms with Crippen molar-refractivity contribution in [2.45, 2.75) is 58.0 Å². The van der Waals surface area contributed by atoms with E-state index in [1.807, 2.05) is 13.1 Å². The molecule has 2 rings (SSSR count). The third-order valence-electron chi connectivity index (χ3n) is 3.50. The molecule has 1 fully saturated rings. The van der Waals surface area contributed by atoms with Crippen LogP contribution in [0.3, 0.4) is 0 Å². The first kappa shape index (κ1) is 16.9. The number of hydrogen-bond donors (Lipinski definition) is 2. The Bertz CT molecular complexity index is 538. The number of unbranched alkanes of at least 4 members (excludes halogenated alkanes) is 1. The van der Waals surface area contributed by atoms with Gasteiger partial charge in [-0.2, -0.15) is 0 Å². The Morgan fingerprint density at radius 3 is 2.81 bits per heavy atom. The van der Waals surface area contributed by atoms with Gasteiger partial charge in [0.25, 0.3) is 0 Å². The van der Waals surface area contributed by atoms with E-state index >= 15 is 0 Å². The van der Waals surface area contributed by atoms with Gasteiger partial charge < -0.3 is 5.32 Å². The van der Waals surface area contributed by atoms with Crippen LogP contribution in [0.15, 0.2) is 6.20 Å². The highest BCUT2D eigenvalue weighted by molar-refractivity contribution is 7.89. The highest BCUT2D eigenvalue weighted by atomic mass is 32.2. The summed E-state index contributed by atoms with van der Waals surface area (Å²) in [7, 11) is -3.22. The standard InChI is InChI=1S/C14H25N3O2S2/c1-3-13-10-16-14(20-13)11(2)17-21(18,19)9-5-4-8-15-12-6-7-12/h10-12,15,17H,3-9H2,1-2H3. The third kappa shape index (κ3) is 6.02. The minimum atomic E-state index is -3.22. The molecule has 7 heteroatoms. The first-order valence-electron chi connectivity index (χ1n) is 7.68. The van der Waals surface area contributed by atoms with Gasteiger partial charge in [0.2, 0.25) is 10.0 Å². The fourth-order valence-corrected chi connectivity index (χ4v) is 4.36. The molecule has 0 amide bonds. The topological polar surface area (TPSA) is 71.1 Å².